The van der Waals surface area contributed by atoms with Gasteiger partial charge in [-0.3, -0.25) is 0 Å². The first-order chi connectivity index (χ1) is 10.0. The van der Waals surface area contributed by atoms with Crippen LogP contribution in [0.5, 0.6) is 0 Å². The Balaban J connectivity index is 1.84. The zero-order valence-electron chi connectivity index (χ0n) is 12.5. The predicted molar refractivity (Wildman–Crippen MR) is 81.2 cm³/mol. The van der Waals surface area contributed by atoms with E-state index in [2.05, 4.69) is 10.6 Å². The molecule has 1 saturated heterocycles. The highest BCUT2D eigenvalue weighted by molar-refractivity contribution is 5.89. The molecule has 2 unspecified atom stereocenters. The molecule has 0 radical (unpaired) electrons. The number of carbonyl (C=O) groups is 1. The predicted octanol–water partition coefficient (Wildman–Crippen LogP) is 1.63. The van der Waals surface area contributed by atoms with E-state index in [1.807, 2.05) is 31.2 Å². The van der Waals surface area contributed by atoms with Gasteiger partial charge in [0.1, 0.15) is 5.60 Å². The molecule has 0 aromatic heterocycles. The van der Waals surface area contributed by atoms with Crippen molar-refractivity contribution in [1.29, 1.82) is 0 Å². The van der Waals surface area contributed by atoms with Gasteiger partial charge in [-0.25, -0.2) is 4.79 Å². The number of urea groups is 1. The molecule has 1 heterocycles. The molecule has 2 amide bonds. The van der Waals surface area contributed by atoms with Crippen LogP contribution in [0.3, 0.4) is 0 Å². The Morgan fingerprint density at radius 1 is 1.48 bits per heavy atom. The average molecular weight is 293 g/mol. The molecule has 0 aliphatic carbocycles. The van der Waals surface area contributed by atoms with E-state index in [0.29, 0.717) is 19.8 Å². The summed E-state index contributed by atoms with van der Waals surface area (Å²) in [7, 11) is 1.64. The molecule has 0 bridgehead atoms. The molecule has 6 heteroatoms. The highest BCUT2D eigenvalue weighted by atomic mass is 16.5. The van der Waals surface area contributed by atoms with E-state index in [1.54, 1.807) is 7.11 Å². The van der Waals surface area contributed by atoms with Gasteiger partial charge in [0, 0.05) is 31.9 Å². The van der Waals surface area contributed by atoms with Crippen molar-refractivity contribution in [2.45, 2.75) is 25.0 Å². The lowest BCUT2D eigenvalue weighted by atomic mass is 10.0. The minimum atomic E-state index is -0.407. The maximum atomic E-state index is 11.9. The van der Waals surface area contributed by atoms with Crippen LogP contribution in [0.1, 0.15) is 24.9 Å². The van der Waals surface area contributed by atoms with Gasteiger partial charge in [-0.2, -0.15) is 0 Å². The van der Waals surface area contributed by atoms with Gasteiger partial charge in [0.25, 0.3) is 0 Å². The normalized spacial score (nSPS) is 22.8. The van der Waals surface area contributed by atoms with Crippen molar-refractivity contribution >= 4 is 11.7 Å². The number of carbonyl (C=O) groups excluding carboxylic acids is 1. The number of amides is 2. The van der Waals surface area contributed by atoms with Crippen molar-refractivity contribution in [2.75, 3.05) is 32.2 Å². The highest BCUT2D eigenvalue weighted by Gasteiger charge is 2.35. The van der Waals surface area contributed by atoms with E-state index in [4.69, 9.17) is 15.2 Å². The second-order valence-electron chi connectivity index (χ2n) is 5.41. The van der Waals surface area contributed by atoms with Gasteiger partial charge in [0.05, 0.1) is 13.2 Å². The molecule has 1 aliphatic heterocycles. The number of hydrogen-bond acceptors (Lipinski definition) is 4. The van der Waals surface area contributed by atoms with E-state index in [0.717, 1.165) is 17.7 Å². The van der Waals surface area contributed by atoms with Gasteiger partial charge in [-0.1, -0.05) is 12.1 Å². The summed E-state index contributed by atoms with van der Waals surface area (Å²) in [6, 6.07) is 7.21. The van der Waals surface area contributed by atoms with Gasteiger partial charge in [0.15, 0.2) is 0 Å². The van der Waals surface area contributed by atoms with Gasteiger partial charge in [0.2, 0.25) is 0 Å². The Kier molecular flexibility index (Phi) is 5.17. The van der Waals surface area contributed by atoms with E-state index in [9.17, 15) is 4.79 Å². The molecule has 1 aromatic carbocycles. The minimum Gasteiger partial charge on any atom is -0.378 e. The van der Waals surface area contributed by atoms with Gasteiger partial charge < -0.3 is 25.8 Å². The zero-order chi connectivity index (χ0) is 15.3. The third-order valence-corrected chi connectivity index (χ3v) is 3.77. The van der Waals surface area contributed by atoms with Crippen LogP contribution in [-0.2, 0) is 9.47 Å². The number of methoxy groups -OCH3 is 1. The highest BCUT2D eigenvalue weighted by Crippen LogP contribution is 2.21. The molecule has 4 N–H and O–H groups in total. The SMILES string of the molecule is COC1(CNC(=O)Nc2ccc(C(C)N)cc2)CCOC1. The van der Waals surface area contributed by atoms with Crippen LogP contribution < -0.4 is 16.4 Å². The molecule has 0 spiro atoms. The maximum absolute atomic E-state index is 11.9. The summed E-state index contributed by atoms with van der Waals surface area (Å²) < 4.78 is 10.8. The van der Waals surface area contributed by atoms with Crippen molar-refractivity contribution in [2.24, 2.45) is 5.73 Å². The van der Waals surface area contributed by atoms with Gasteiger partial charge in [-0.05, 0) is 24.6 Å². The molecular formula is C15H23N3O3. The number of benzene rings is 1. The minimum absolute atomic E-state index is 0.0168. The Hall–Kier alpha value is -1.63. The molecule has 21 heavy (non-hydrogen) atoms. The van der Waals surface area contributed by atoms with E-state index < -0.39 is 5.60 Å². The molecule has 1 aromatic rings. The summed E-state index contributed by atoms with van der Waals surface area (Å²) in [6.45, 7) is 3.51. The molecule has 1 aliphatic rings. The summed E-state index contributed by atoms with van der Waals surface area (Å²) in [6.07, 6.45) is 0.785. The zero-order valence-corrected chi connectivity index (χ0v) is 12.5. The number of nitrogens with two attached hydrogens (primary N) is 1. The molecule has 116 valence electrons. The van der Waals surface area contributed by atoms with Crippen LogP contribution in [0.15, 0.2) is 24.3 Å². The summed E-state index contributed by atoms with van der Waals surface area (Å²) in [5.41, 5.74) is 7.14. The Bertz CT molecular complexity index is 468. The van der Waals surface area contributed by atoms with Crippen molar-refractivity contribution in [3.8, 4) is 0 Å². The van der Waals surface area contributed by atoms with Gasteiger partial charge in [-0.15, -0.1) is 0 Å². The number of rotatable bonds is 5. The van der Waals surface area contributed by atoms with Crippen LogP contribution >= 0.6 is 0 Å². The number of ether oxygens (including phenoxy) is 2. The van der Waals surface area contributed by atoms with E-state index >= 15 is 0 Å². The largest absolute Gasteiger partial charge is 0.378 e. The van der Waals surface area contributed by atoms with Crippen molar-refractivity contribution in [1.82, 2.24) is 5.32 Å². The molecule has 2 atom stereocenters. The van der Waals surface area contributed by atoms with Crippen LogP contribution in [0, 0.1) is 0 Å². The number of nitrogens with one attached hydrogen (secondary N) is 2. The number of hydrogen-bond donors (Lipinski definition) is 3. The average Bonchev–Trinajstić information content (AvgIpc) is 2.95. The summed E-state index contributed by atoms with van der Waals surface area (Å²) in [5, 5.41) is 5.61. The van der Waals surface area contributed by atoms with Crippen LogP contribution in [0.4, 0.5) is 10.5 Å². The van der Waals surface area contributed by atoms with E-state index in [1.165, 1.54) is 0 Å². The van der Waals surface area contributed by atoms with Crippen LogP contribution in [0.25, 0.3) is 0 Å². The summed E-state index contributed by atoms with van der Waals surface area (Å²) in [5.74, 6) is 0. The Morgan fingerprint density at radius 3 is 2.71 bits per heavy atom. The maximum Gasteiger partial charge on any atom is 0.319 e. The molecule has 0 saturated carbocycles. The van der Waals surface area contributed by atoms with Crippen molar-refractivity contribution in [3.05, 3.63) is 29.8 Å². The first-order valence-electron chi connectivity index (χ1n) is 7.08. The third kappa shape index (κ3) is 4.17. The first-order valence-corrected chi connectivity index (χ1v) is 7.08. The van der Waals surface area contributed by atoms with Crippen molar-refractivity contribution in [3.63, 3.8) is 0 Å². The lowest BCUT2D eigenvalue weighted by molar-refractivity contribution is -0.0135. The fourth-order valence-electron chi connectivity index (χ4n) is 2.25. The van der Waals surface area contributed by atoms with Crippen LogP contribution in [0.2, 0.25) is 0 Å². The quantitative estimate of drug-likeness (QED) is 0.770. The Labute approximate surface area is 125 Å². The fraction of sp³-hybridized carbons (Fsp3) is 0.533. The molecule has 2 rings (SSSR count). The third-order valence-electron chi connectivity index (χ3n) is 3.77. The monoisotopic (exact) mass is 293 g/mol. The van der Waals surface area contributed by atoms with Crippen molar-refractivity contribution < 1.29 is 14.3 Å². The molecule has 6 nitrogen and oxygen atoms in total. The Morgan fingerprint density at radius 2 is 2.19 bits per heavy atom. The lowest BCUT2D eigenvalue weighted by Crippen LogP contribution is -2.46. The summed E-state index contributed by atoms with van der Waals surface area (Å²) in [4.78, 5) is 11.9. The van der Waals surface area contributed by atoms with Gasteiger partial charge >= 0.3 is 6.03 Å². The summed E-state index contributed by atoms with van der Waals surface area (Å²) >= 11 is 0. The lowest BCUT2D eigenvalue weighted by Gasteiger charge is -2.25. The standard InChI is InChI=1S/C15H23N3O3/c1-11(16)12-3-5-13(6-4-12)18-14(19)17-9-15(20-2)7-8-21-10-15/h3-6,11H,7-10,16H2,1-2H3,(H2,17,18,19). The topological polar surface area (TPSA) is 85.6 Å². The first kappa shape index (κ1) is 15.8. The molecule has 1 fully saturated rings. The second kappa shape index (κ2) is 6.89. The van der Waals surface area contributed by atoms with E-state index in [-0.39, 0.29) is 12.1 Å². The second-order valence-corrected chi connectivity index (χ2v) is 5.41. The number of anilines is 1. The fourth-order valence-corrected chi connectivity index (χ4v) is 2.25. The van der Waals surface area contributed by atoms with Crippen LogP contribution in [-0.4, -0.2) is 38.5 Å². The smallest absolute Gasteiger partial charge is 0.319 e. The molecular weight excluding hydrogens is 270 g/mol.